The van der Waals surface area contributed by atoms with E-state index in [1.54, 1.807) is 0 Å². The topological polar surface area (TPSA) is 116 Å². The molecule has 1 heterocycles. The molecule has 0 saturated heterocycles. The Morgan fingerprint density at radius 3 is 2.73 bits per heavy atom. The third-order valence-corrected chi connectivity index (χ3v) is 3.74. The average molecular weight is 428 g/mol. The van der Waals surface area contributed by atoms with Crippen LogP contribution in [0, 0.1) is 10.1 Å². The van der Waals surface area contributed by atoms with Crippen LogP contribution in [-0.4, -0.2) is 48.9 Å². The summed E-state index contributed by atoms with van der Waals surface area (Å²) in [4.78, 5) is 26.8. The highest BCUT2D eigenvalue weighted by molar-refractivity contribution is 5.95. The van der Waals surface area contributed by atoms with E-state index in [1.807, 2.05) is 0 Å². The van der Waals surface area contributed by atoms with Crippen LogP contribution >= 0.6 is 0 Å². The molecule has 30 heavy (non-hydrogen) atoms. The highest BCUT2D eigenvalue weighted by Gasteiger charge is 2.29. The van der Waals surface area contributed by atoms with E-state index in [2.05, 4.69) is 20.4 Å². The molecule has 0 aliphatic carbocycles. The van der Waals surface area contributed by atoms with Crippen molar-refractivity contribution in [3.05, 3.63) is 57.8 Å². The summed E-state index contributed by atoms with van der Waals surface area (Å²) in [7, 11) is 1.49. The zero-order chi connectivity index (χ0) is 22.1. The third kappa shape index (κ3) is 6.88. The van der Waals surface area contributed by atoms with Crippen LogP contribution in [0.25, 0.3) is 0 Å². The summed E-state index contributed by atoms with van der Waals surface area (Å²) in [6.07, 6.45) is -3.27. The number of aromatic nitrogens is 1. The Balaban J connectivity index is 2.08. The monoisotopic (exact) mass is 428 g/mol. The van der Waals surface area contributed by atoms with Crippen molar-refractivity contribution in [3.63, 3.8) is 0 Å². The van der Waals surface area contributed by atoms with Gasteiger partial charge in [0.15, 0.2) is 6.61 Å². The highest BCUT2D eigenvalue weighted by Crippen LogP contribution is 2.26. The summed E-state index contributed by atoms with van der Waals surface area (Å²) in [5.74, 6) is -0.911. The largest absolute Gasteiger partial charge is 0.468 e. The number of ether oxygens (including phenoxy) is 2. The Labute approximate surface area is 169 Å². The second-order valence-electron chi connectivity index (χ2n) is 5.96. The van der Waals surface area contributed by atoms with Gasteiger partial charge in [-0.15, -0.1) is 0 Å². The number of nitro groups is 1. The second-order valence-corrected chi connectivity index (χ2v) is 5.96. The Bertz CT molecular complexity index is 892. The molecule has 2 N–H and O–H groups in total. The molecular weight excluding hydrogens is 409 g/mol. The molecular formula is C18H19F3N4O5. The van der Waals surface area contributed by atoms with Crippen LogP contribution in [-0.2, 0) is 11.3 Å². The van der Waals surface area contributed by atoms with Crippen LogP contribution in [0.15, 0.2) is 36.5 Å². The van der Waals surface area contributed by atoms with Crippen LogP contribution in [0.3, 0.4) is 0 Å². The third-order valence-electron chi connectivity index (χ3n) is 3.74. The normalized spacial score (nSPS) is 11.1. The maximum atomic E-state index is 12.4. The second kappa shape index (κ2) is 10.4. The Morgan fingerprint density at radius 2 is 2.07 bits per heavy atom. The predicted molar refractivity (Wildman–Crippen MR) is 100 cm³/mol. The van der Waals surface area contributed by atoms with Crippen molar-refractivity contribution in [2.24, 2.45) is 0 Å². The first-order valence-electron chi connectivity index (χ1n) is 8.64. The summed E-state index contributed by atoms with van der Waals surface area (Å²) in [5, 5.41) is 16.6. The molecule has 1 aromatic carbocycles. The molecule has 162 valence electrons. The van der Waals surface area contributed by atoms with E-state index in [4.69, 9.17) is 4.74 Å². The van der Waals surface area contributed by atoms with Gasteiger partial charge in [-0.3, -0.25) is 14.9 Å². The number of pyridine rings is 1. The Hall–Kier alpha value is -3.41. The van der Waals surface area contributed by atoms with Crippen molar-refractivity contribution in [3.8, 4) is 5.88 Å². The number of nitrogens with one attached hydrogen (secondary N) is 2. The highest BCUT2D eigenvalue weighted by atomic mass is 19.4. The van der Waals surface area contributed by atoms with Gasteiger partial charge in [0.1, 0.15) is 5.69 Å². The fraction of sp³-hybridized carbons (Fsp3) is 0.333. The Kier molecular flexibility index (Phi) is 7.92. The number of nitrogens with zero attached hydrogens (tertiary/aromatic N) is 2. The fourth-order valence-corrected chi connectivity index (χ4v) is 2.38. The number of carbonyl (C=O) groups excluding carboxylic acids is 1. The lowest BCUT2D eigenvalue weighted by Crippen LogP contribution is -2.24. The number of hydrogen-bond acceptors (Lipinski definition) is 7. The van der Waals surface area contributed by atoms with Crippen LogP contribution in [0.5, 0.6) is 5.88 Å². The molecule has 1 aromatic heterocycles. The van der Waals surface area contributed by atoms with Gasteiger partial charge in [0, 0.05) is 43.6 Å². The van der Waals surface area contributed by atoms with E-state index >= 15 is 0 Å². The lowest BCUT2D eigenvalue weighted by molar-refractivity contribution is -0.384. The van der Waals surface area contributed by atoms with Crippen molar-refractivity contribution < 1.29 is 32.4 Å². The number of nitro benzene ring substituents is 1. The Morgan fingerprint density at radius 1 is 1.30 bits per heavy atom. The van der Waals surface area contributed by atoms with Crippen molar-refractivity contribution >= 4 is 17.3 Å². The molecule has 0 aliphatic rings. The minimum atomic E-state index is -4.53. The van der Waals surface area contributed by atoms with Crippen molar-refractivity contribution in [1.82, 2.24) is 10.3 Å². The van der Waals surface area contributed by atoms with Gasteiger partial charge in [0.05, 0.1) is 11.5 Å². The minimum Gasteiger partial charge on any atom is -0.468 e. The number of benzene rings is 1. The van der Waals surface area contributed by atoms with Gasteiger partial charge in [-0.2, -0.15) is 13.2 Å². The number of methoxy groups -OCH3 is 1. The quantitative estimate of drug-likeness (QED) is 0.340. The van der Waals surface area contributed by atoms with Gasteiger partial charge in [-0.25, -0.2) is 4.98 Å². The molecule has 0 unspecified atom stereocenters. The first kappa shape index (κ1) is 22.9. The fourth-order valence-electron chi connectivity index (χ4n) is 2.38. The van der Waals surface area contributed by atoms with Gasteiger partial charge in [0.2, 0.25) is 5.88 Å². The molecule has 2 aromatic rings. The molecule has 0 bridgehead atoms. The van der Waals surface area contributed by atoms with Gasteiger partial charge >= 0.3 is 6.18 Å². The lowest BCUT2D eigenvalue weighted by Gasteiger charge is -2.13. The summed E-state index contributed by atoms with van der Waals surface area (Å²) in [5.41, 5.74) is 0.168. The van der Waals surface area contributed by atoms with Gasteiger partial charge < -0.3 is 20.1 Å². The van der Waals surface area contributed by atoms with Gasteiger partial charge in [0.25, 0.3) is 11.6 Å². The maximum Gasteiger partial charge on any atom is 0.422 e. The standard InChI is InChI=1S/C18H19F3N4O5/c1-29-8-7-22-14-5-4-12(9-15(14)25(27)28)16(26)24-10-13-3-2-6-23-17(13)30-11-18(19,20)21/h2-6,9,22H,7-8,10-11H2,1H3,(H,24,26). The summed E-state index contributed by atoms with van der Waals surface area (Å²) < 4.78 is 46.6. The maximum absolute atomic E-state index is 12.4. The van der Waals surface area contributed by atoms with E-state index < -0.39 is 23.6 Å². The minimum absolute atomic E-state index is 0.0145. The number of hydrogen-bond donors (Lipinski definition) is 2. The smallest absolute Gasteiger partial charge is 0.422 e. The van der Waals surface area contributed by atoms with Crippen molar-refractivity contribution in [2.45, 2.75) is 12.7 Å². The zero-order valence-corrected chi connectivity index (χ0v) is 15.9. The van der Waals surface area contributed by atoms with E-state index in [-0.39, 0.29) is 34.9 Å². The molecule has 0 radical (unpaired) electrons. The van der Waals surface area contributed by atoms with Crippen LogP contribution in [0.2, 0.25) is 0 Å². The summed E-state index contributed by atoms with van der Waals surface area (Å²) in [6.45, 7) is -1.02. The molecule has 0 atom stereocenters. The van der Waals surface area contributed by atoms with Crippen LogP contribution < -0.4 is 15.4 Å². The molecule has 0 aliphatic heterocycles. The molecule has 0 fully saturated rings. The van der Waals surface area contributed by atoms with Gasteiger partial charge in [-0.05, 0) is 18.2 Å². The zero-order valence-electron chi connectivity index (χ0n) is 15.9. The summed E-state index contributed by atoms with van der Waals surface area (Å²) >= 11 is 0. The number of rotatable bonds is 10. The number of anilines is 1. The van der Waals surface area contributed by atoms with E-state index in [0.717, 1.165) is 6.07 Å². The molecule has 2 rings (SSSR count). The first-order valence-corrected chi connectivity index (χ1v) is 8.64. The first-order chi connectivity index (χ1) is 14.2. The van der Waals surface area contributed by atoms with E-state index in [0.29, 0.717) is 13.2 Å². The molecule has 0 spiro atoms. The average Bonchev–Trinajstić information content (AvgIpc) is 2.70. The van der Waals surface area contributed by atoms with Crippen LogP contribution in [0.1, 0.15) is 15.9 Å². The van der Waals surface area contributed by atoms with Gasteiger partial charge in [-0.1, -0.05) is 6.07 Å². The summed E-state index contributed by atoms with van der Waals surface area (Å²) in [6, 6.07) is 6.82. The van der Waals surface area contributed by atoms with E-state index in [9.17, 15) is 28.1 Å². The molecule has 12 heteroatoms. The van der Waals surface area contributed by atoms with Crippen molar-refractivity contribution in [1.29, 1.82) is 0 Å². The van der Waals surface area contributed by atoms with Crippen LogP contribution in [0.4, 0.5) is 24.5 Å². The number of alkyl halides is 3. The predicted octanol–water partition coefficient (Wildman–Crippen LogP) is 2.92. The SMILES string of the molecule is COCCNc1ccc(C(=O)NCc2cccnc2OCC(F)(F)F)cc1[N+](=O)[O-]. The number of amides is 1. The number of carbonyl (C=O) groups is 1. The number of halogens is 3. The lowest BCUT2D eigenvalue weighted by atomic mass is 10.1. The molecule has 9 nitrogen and oxygen atoms in total. The van der Waals surface area contributed by atoms with Crippen molar-refractivity contribution in [2.75, 3.05) is 32.2 Å². The molecule has 0 saturated carbocycles. The molecule has 1 amide bonds. The van der Waals surface area contributed by atoms with E-state index in [1.165, 1.54) is 37.6 Å².